The van der Waals surface area contributed by atoms with Gasteiger partial charge >= 0.3 is 0 Å². The molecule has 44 valence electrons. The van der Waals surface area contributed by atoms with E-state index in [4.69, 9.17) is 5.84 Å². The fraction of sp³-hybridized carbons (Fsp3) is 0.250. The van der Waals surface area contributed by atoms with E-state index in [-0.39, 0.29) is 0 Å². The van der Waals surface area contributed by atoms with E-state index in [1.807, 2.05) is 13.2 Å². The van der Waals surface area contributed by atoms with Gasteiger partial charge in [-0.2, -0.15) is 5.10 Å². The van der Waals surface area contributed by atoms with Crippen molar-refractivity contribution in [3.63, 3.8) is 0 Å². The minimum atomic E-state index is 0.688. The van der Waals surface area contributed by atoms with Crippen LogP contribution in [0.1, 0.15) is 0 Å². The Morgan fingerprint density at radius 1 is 1.88 bits per heavy atom. The molecule has 0 bridgehead atoms. The van der Waals surface area contributed by atoms with Gasteiger partial charge in [-0.1, -0.05) is 0 Å². The Bertz CT molecular complexity index is 168. The van der Waals surface area contributed by atoms with Gasteiger partial charge in [-0.15, -0.1) is 0 Å². The fourth-order valence-electron chi connectivity index (χ4n) is 0.492. The third kappa shape index (κ3) is 0.788. The number of nitrogens with two attached hydrogens (primary N) is 1. The molecule has 0 atom stereocenters. The van der Waals surface area contributed by atoms with Gasteiger partial charge in [0.2, 0.25) is 0 Å². The maximum absolute atomic E-state index is 5.04. The van der Waals surface area contributed by atoms with E-state index >= 15 is 0 Å². The van der Waals surface area contributed by atoms with E-state index in [2.05, 4.69) is 10.5 Å². The molecule has 3 N–H and O–H groups in total. The molecular weight excluding hydrogens is 104 g/mol. The van der Waals surface area contributed by atoms with Gasteiger partial charge in [0.05, 0.1) is 0 Å². The van der Waals surface area contributed by atoms with Gasteiger partial charge in [0.25, 0.3) is 0 Å². The number of nitrogens with one attached hydrogen (secondary N) is 1. The quantitative estimate of drug-likeness (QED) is 0.387. The molecule has 0 aliphatic rings. The number of nitrogen functional groups attached to an aromatic ring is 1. The van der Waals surface area contributed by atoms with E-state index in [1.54, 1.807) is 10.7 Å². The minimum absolute atomic E-state index is 0.688. The summed E-state index contributed by atoms with van der Waals surface area (Å²) in [5.74, 6) is 5.72. The zero-order chi connectivity index (χ0) is 5.98. The summed E-state index contributed by atoms with van der Waals surface area (Å²) in [6.45, 7) is 0. The zero-order valence-corrected chi connectivity index (χ0v) is 4.63. The van der Waals surface area contributed by atoms with Crippen molar-refractivity contribution in [2.45, 2.75) is 0 Å². The van der Waals surface area contributed by atoms with E-state index in [9.17, 15) is 0 Å². The topological polar surface area (TPSA) is 55.9 Å². The van der Waals surface area contributed by atoms with Crippen LogP contribution in [0.5, 0.6) is 0 Å². The third-order valence-corrected chi connectivity index (χ3v) is 0.861. The van der Waals surface area contributed by atoms with E-state index in [0.717, 1.165) is 0 Å². The van der Waals surface area contributed by atoms with Crippen molar-refractivity contribution < 1.29 is 0 Å². The van der Waals surface area contributed by atoms with Gasteiger partial charge in [-0.25, -0.2) is 5.84 Å². The number of anilines is 1. The summed E-state index contributed by atoms with van der Waals surface area (Å²) < 4.78 is 1.68. The Morgan fingerprint density at radius 2 is 2.62 bits per heavy atom. The molecule has 4 nitrogen and oxygen atoms in total. The van der Waals surface area contributed by atoms with Crippen LogP contribution in [0.4, 0.5) is 5.82 Å². The normalized spacial score (nSPS) is 9.25. The second-order valence-electron chi connectivity index (χ2n) is 1.52. The SMILES string of the molecule is Cn1ccc(NN)n1. The lowest BCUT2D eigenvalue weighted by molar-refractivity contribution is 0.769. The molecule has 4 heteroatoms. The Kier molecular flexibility index (Phi) is 1.17. The molecule has 0 aromatic carbocycles. The smallest absolute Gasteiger partial charge is 0.161 e. The summed E-state index contributed by atoms with van der Waals surface area (Å²) in [4.78, 5) is 0. The number of nitrogens with zero attached hydrogens (tertiary/aromatic N) is 2. The Morgan fingerprint density at radius 3 is 2.88 bits per heavy atom. The van der Waals surface area contributed by atoms with Crippen molar-refractivity contribution in [2.75, 3.05) is 5.43 Å². The molecule has 0 unspecified atom stereocenters. The van der Waals surface area contributed by atoms with Crippen LogP contribution in [0.3, 0.4) is 0 Å². The number of rotatable bonds is 1. The molecule has 0 saturated carbocycles. The van der Waals surface area contributed by atoms with Gasteiger partial charge < -0.3 is 5.43 Å². The molecule has 0 fully saturated rings. The van der Waals surface area contributed by atoms with Crippen LogP contribution >= 0.6 is 0 Å². The first kappa shape index (κ1) is 5.11. The molecule has 8 heavy (non-hydrogen) atoms. The van der Waals surface area contributed by atoms with Gasteiger partial charge in [0.15, 0.2) is 5.82 Å². The standard InChI is InChI=1S/C4H8N4/c1-8-3-2-4(6-5)7-8/h2-3H,5H2,1H3,(H,6,7). The molecular formula is C4H8N4. The van der Waals surface area contributed by atoms with E-state index < -0.39 is 0 Å². The second kappa shape index (κ2) is 1.83. The Hall–Kier alpha value is -1.03. The highest BCUT2D eigenvalue weighted by molar-refractivity contribution is 5.29. The highest BCUT2D eigenvalue weighted by Gasteiger charge is 1.87. The number of hydrazine groups is 1. The monoisotopic (exact) mass is 112 g/mol. The Balaban J connectivity index is 2.84. The van der Waals surface area contributed by atoms with Crippen molar-refractivity contribution >= 4 is 5.82 Å². The van der Waals surface area contributed by atoms with Crippen molar-refractivity contribution in [3.05, 3.63) is 12.3 Å². The average Bonchev–Trinajstić information content (AvgIpc) is 2.14. The van der Waals surface area contributed by atoms with Crippen molar-refractivity contribution in [1.82, 2.24) is 9.78 Å². The molecule has 1 aromatic heterocycles. The van der Waals surface area contributed by atoms with Crippen LogP contribution in [-0.4, -0.2) is 9.78 Å². The van der Waals surface area contributed by atoms with Crippen LogP contribution in [0.25, 0.3) is 0 Å². The first-order valence-electron chi connectivity index (χ1n) is 2.29. The van der Waals surface area contributed by atoms with Gasteiger partial charge in [-0.3, -0.25) is 4.68 Å². The molecule has 0 aliphatic heterocycles. The van der Waals surface area contributed by atoms with Crippen molar-refractivity contribution in [1.29, 1.82) is 0 Å². The molecule has 0 aliphatic carbocycles. The summed E-state index contributed by atoms with van der Waals surface area (Å²) in [5.41, 5.74) is 2.42. The van der Waals surface area contributed by atoms with Crippen LogP contribution in [-0.2, 0) is 7.05 Å². The van der Waals surface area contributed by atoms with Crippen LogP contribution in [0, 0.1) is 0 Å². The average molecular weight is 112 g/mol. The number of aryl methyl sites for hydroxylation is 1. The number of hydrogen-bond donors (Lipinski definition) is 2. The van der Waals surface area contributed by atoms with Gasteiger partial charge in [0.1, 0.15) is 0 Å². The minimum Gasteiger partial charge on any atom is -0.307 e. The maximum Gasteiger partial charge on any atom is 0.161 e. The predicted octanol–water partition coefficient (Wildman–Crippen LogP) is -0.294. The van der Waals surface area contributed by atoms with Gasteiger partial charge in [-0.05, 0) is 0 Å². The number of hydrogen-bond acceptors (Lipinski definition) is 3. The molecule has 1 aromatic rings. The molecule has 1 heterocycles. The molecule has 0 radical (unpaired) electrons. The highest BCUT2D eigenvalue weighted by Crippen LogP contribution is 1.95. The lowest BCUT2D eigenvalue weighted by Crippen LogP contribution is -2.07. The van der Waals surface area contributed by atoms with Crippen LogP contribution in [0.2, 0.25) is 0 Å². The van der Waals surface area contributed by atoms with Gasteiger partial charge in [0, 0.05) is 19.3 Å². The number of aromatic nitrogens is 2. The fourth-order valence-corrected chi connectivity index (χ4v) is 0.492. The lowest BCUT2D eigenvalue weighted by Gasteiger charge is -1.87. The summed E-state index contributed by atoms with van der Waals surface area (Å²) in [7, 11) is 1.83. The maximum atomic E-state index is 5.04. The van der Waals surface area contributed by atoms with Crippen molar-refractivity contribution in [3.8, 4) is 0 Å². The van der Waals surface area contributed by atoms with Crippen molar-refractivity contribution in [2.24, 2.45) is 12.9 Å². The summed E-state index contributed by atoms with van der Waals surface area (Å²) in [6, 6.07) is 1.79. The predicted molar refractivity (Wildman–Crippen MR) is 31.0 cm³/mol. The highest BCUT2D eigenvalue weighted by atomic mass is 15.3. The van der Waals surface area contributed by atoms with Crippen LogP contribution in [0.15, 0.2) is 12.3 Å². The summed E-state index contributed by atoms with van der Waals surface area (Å²) >= 11 is 0. The summed E-state index contributed by atoms with van der Waals surface area (Å²) in [6.07, 6.45) is 1.81. The molecule has 0 saturated heterocycles. The first-order valence-corrected chi connectivity index (χ1v) is 2.29. The first-order chi connectivity index (χ1) is 3.83. The molecule has 1 rings (SSSR count). The third-order valence-electron chi connectivity index (χ3n) is 0.861. The molecule has 0 amide bonds. The Labute approximate surface area is 47.3 Å². The van der Waals surface area contributed by atoms with E-state index in [1.165, 1.54) is 0 Å². The lowest BCUT2D eigenvalue weighted by atomic mass is 10.7. The second-order valence-corrected chi connectivity index (χ2v) is 1.52. The largest absolute Gasteiger partial charge is 0.307 e. The van der Waals surface area contributed by atoms with Crippen LogP contribution < -0.4 is 11.3 Å². The van der Waals surface area contributed by atoms with E-state index in [0.29, 0.717) is 5.82 Å². The molecule has 0 spiro atoms. The summed E-state index contributed by atoms with van der Waals surface area (Å²) in [5, 5.41) is 3.91. The zero-order valence-electron chi connectivity index (χ0n) is 4.63.